The number of ether oxygens (including phenoxy) is 1. The average Bonchev–Trinajstić information content (AvgIpc) is 2.50. The van der Waals surface area contributed by atoms with Gasteiger partial charge in [-0.15, -0.1) is 0 Å². The molecule has 22 heavy (non-hydrogen) atoms. The number of benzene rings is 1. The molecule has 0 aromatic heterocycles. The molecule has 0 radical (unpaired) electrons. The fourth-order valence-electron chi connectivity index (χ4n) is 2.81. The minimum atomic E-state index is -0.513. The van der Waals surface area contributed by atoms with E-state index >= 15 is 0 Å². The normalized spacial score (nSPS) is 21.0. The van der Waals surface area contributed by atoms with E-state index in [9.17, 15) is 9.59 Å². The van der Waals surface area contributed by atoms with Gasteiger partial charge in [-0.2, -0.15) is 0 Å². The van der Waals surface area contributed by atoms with Gasteiger partial charge in [0.25, 0.3) is 5.91 Å². The van der Waals surface area contributed by atoms with E-state index in [1.807, 2.05) is 0 Å². The van der Waals surface area contributed by atoms with E-state index in [0.29, 0.717) is 23.8 Å². The average molecular weight is 304 g/mol. The third kappa shape index (κ3) is 4.48. The maximum absolute atomic E-state index is 12.4. The summed E-state index contributed by atoms with van der Waals surface area (Å²) in [6.07, 6.45) is 4.09. The first-order valence-electron chi connectivity index (χ1n) is 7.95. The number of rotatable bonds is 4. The molecule has 0 aliphatic heterocycles. The molecule has 1 saturated carbocycles. The molecule has 1 aromatic rings. The zero-order chi connectivity index (χ0) is 15.9. The molecule has 120 valence electrons. The predicted molar refractivity (Wildman–Crippen MR) is 86.0 cm³/mol. The molecule has 1 fully saturated rings. The molecule has 2 rings (SSSR count). The molecule has 0 bridgehead atoms. The Bertz CT molecular complexity index is 530. The van der Waals surface area contributed by atoms with Crippen molar-refractivity contribution in [1.82, 2.24) is 5.32 Å². The van der Waals surface area contributed by atoms with Crippen molar-refractivity contribution in [2.75, 3.05) is 11.9 Å². The van der Waals surface area contributed by atoms with Crippen molar-refractivity contribution in [2.45, 2.75) is 45.6 Å². The fraction of sp³-hybridized carbons (Fsp3) is 0.529. The number of carbonyl (C=O) groups excluding carboxylic acids is 2. The van der Waals surface area contributed by atoms with Gasteiger partial charge in [0.2, 0.25) is 0 Å². The van der Waals surface area contributed by atoms with Crippen LogP contribution in [0.3, 0.4) is 0 Å². The third-order valence-corrected chi connectivity index (χ3v) is 4.07. The monoisotopic (exact) mass is 304 g/mol. The molecule has 5 heteroatoms. The minimum Gasteiger partial charge on any atom is -0.450 e. The van der Waals surface area contributed by atoms with Crippen LogP contribution in [0.2, 0.25) is 0 Å². The van der Waals surface area contributed by atoms with Gasteiger partial charge >= 0.3 is 6.09 Å². The second-order valence-electron chi connectivity index (χ2n) is 5.77. The van der Waals surface area contributed by atoms with Gasteiger partial charge in [0.15, 0.2) is 0 Å². The van der Waals surface area contributed by atoms with Crippen LogP contribution in [0.5, 0.6) is 0 Å². The number of nitrogens with one attached hydrogen (secondary N) is 2. The first-order valence-corrected chi connectivity index (χ1v) is 7.95. The summed E-state index contributed by atoms with van der Waals surface area (Å²) in [5.41, 5.74) is 1.11. The van der Waals surface area contributed by atoms with Gasteiger partial charge in [-0.25, -0.2) is 4.79 Å². The molecule has 1 aliphatic carbocycles. The van der Waals surface area contributed by atoms with Crippen LogP contribution >= 0.6 is 0 Å². The summed E-state index contributed by atoms with van der Waals surface area (Å²) in [7, 11) is 0. The zero-order valence-corrected chi connectivity index (χ0v) is 13.2. The van der Waals surface area contributed by atoms with Crippen LogP contribution in [0.4, 0.5) is 10.5 Å². The van der Waals surface area contributed by atoms with Crippen LogP contribution < -0.4 is 10.6 Å². The highest BCUT2D eigenvalue weighted by molar-refractivity contribution is 5.96. The molecular formula is C17H24N2O3. The van der Waals surface area contributed by atoms with Crippen molar-refractivity contribution in [3.05, 3.63) is 29.8 Å². The molecule has 0 unspecified atom stereocenters. The van der Waals surface area contributed by atoms with Crippen LogP contribution in [0.15, 0.2) is 24.3 Å². The summed E-state index contributed by atoms with van der Waals surface area (Å²) in [4.78, 5) is 23.8. The van der Waals surface area contributed by atoms with E-state index in [0.717, 1.165) is 12.8 Å². The van der Waals surface area contributed by atoms with Gasteiger partial charge in [-0.1, -0.05) is 25.8 Å². The van der Waals surface area contributed by atoms with E-state index in [1.165, 1.54) is 12.8 Å². The van der Waals surface area contributed by atoms with Crippen molar-refractivity contribution in [1.29, 1.82) is 0 Å². The van der Waals surface area contributed by atoms with E-state index in [2.05, 4.69) is 17.6 Å². The lowest BCUT2D eigenvalue weighted by Gasteiger charge is -2.29. The lowest BCUT2D eigenvalue weighted by atomic mass is 9.86. The van der Waals surface area contributed by atoms with Gasteiger partial charge in [-0.05, 0) is 43.9 Å². The Kier molecular flexibility index (Phi) is 5.81. The summed E-state index contributed by atoms with van der Waals surface area (Å²) < 4.78 is 4.83. The van der Waals surface area contributed by atoms with Crippen LogP contribution in [0.1, 0.15) is 49.9 Å². The lowest BCUT2D eigenvalue weighted by Crippen LogP contribution is -2.41. The van der Waals surface area contributed by atoms with Gasteiger partial charge in [0.1, 0.15) is 0 Å². The summed E-state index contributed by atoms with van der Waals surface area (Å²) >= 11 is 0. The summed E-state index contributed by atoms with van der Waals surface area (Å²) in [6, 6.07) is 7.14. The molecule has 0 heterocycles. The summed E-state index contributed by atoms with van der Waals surface area (Å²) in [6.45, 7) is 4.24. The number of anilines is 1. The number of hydrogen-bond acceptors (Lipinski definition) is 3. The first kappa shape index (κ1) is 16.3. The molecular weight excluding hydrogens is 280 g/mol. The second-order valence-corrected chi connectivity index (χ2v) is 5.77. The van der Waals surface area contributed by atoms with Gasteiger partial charge in [-0.3, -0.25) is 10.1 Å². The molecule has 1 aromatic carbocycles. The highest BCUT2D eigenvalue weighted by Gasteiger charge is 2.23. The zero-order valence-electron chi connectivity index (χ0n) is 13.2. The maximum atomic E-state index is 12.4. The Hall–Kier alpha value is -2.04. The van der Waals surface area contributed by atoms with Crippen LogP contribution in [-0.4, -0.2) is 24.6 Å². The topological polar surface area (TPSA) is 67.4 Å². The van der Waals surface area contributed by atoms with Crippen LogP contribution in [0, 0.1) is 5.92 Å². The summed E-state index contributed by atoms with van der Waals surface area (Å²) in [5.74, 6) is 0.421. The number of carbonyl (C=O) groups is 2. The Morgan fingerprint density at radius 1 is 1.27 bits per heavy atom. The smallest absolute Gasteiger partial charge is 0.411 e. The molecule has 2 atom stereocenters. The van der Waals surface area contributed by atoms with E-state index in [4.69, 9.17) is 4.74 Å². The Morgan fingerprint density at radius 3 is 2.77 bits per heavy atom. The standard InChI is InChI=1S/C17H24N2O3/c1-3-22-17(21)18-14-9-6-8-13(11-14)16(20)19-15-10-5-4-7-12(15)2/h6,8-9,11-12,15H,3-5,7,10H2,1-2H3,(H,18,21)(H,19,20)/t12-,15-/m0/s1. The molecule has 2 amide bonds. The Balaban J connectivity index is 1.99. The van der Waals surface area contributed by atoms with Crippen molar-refractivity contribution in [2.24, 2.45) is 5.92 Å². The highest BCUT2D eigenvalue weighted by Crippen LogP contribution is 2.24. The van der Waals surface area contributed by atoms with E-state index in [-0.39, 0.29) is 11.9 Å². The van der Waals surface area contributed by atoms with Gasteiger partial charge in [0.05, 0.1) is 6.61 Å². The Labute approximate surface area is 131 Å². The van der Waals surface area contributed by atoms with Crippen molar-refractivity contribution < 1.29 is 14.3 Å². The largest absolute Gasteiger partial charge is 0.450 e. The van der Waals surface area contributed by atoms with E-state index in [1.54, 1.807) is 31.2 Å². The highest BCUT2D eigenvalue weighted by atomic mass is 16.5. The third-order valence-electron chi connectivity index (χ3n) is 4.07. The summed E-state index contributed by atoms with van der Waals surface area (Å²) in [5, 5.41) is 5.72. The fourth-order valence-corrected chi connectivity index (χ4v) is 2.81. The van der Waals surface area contributed by atoms with Crippen molar-refractivity contribution in [3.63, 3.8) is 0 Å². The maximum Gasteiger partial charge on any atom is 0.411 e. The molecule has 0 spiro atoms. The SMILES string of the molecule is CCOC(=O)Nc1cccc(C(=O)N[C@H]2CCCC[C@@H]2C)c1. The minimum absolute atomic E-state index is 0.0914. The second kappa shape index (κ2) is 7.82. The number of amides is 2. The van der Waals surface area contributed by atoms with Crippen molar-refractivity contribution >= 4 is 17.7 Å². The Morgan fingerprint density at radius 2 is 2.05 bits per heavy atom. The number of hydrogen-bond donors (Lipinski definition) is 2. The molecule has 1 aliphatic rings. The van der Waals surface area contributed by atoms with Crippen LogP contribution in [0.25, 0.3) is 0 Å². The molecule has 5 nitrogen and oxygen atoms in total. The molecule has 2 N–H and O–H groups in total. The quantitative estimate of drug-likeness (QED) is 0.893. The molecule has 0 saturated heterocycles. The predicted octanol–water partition coefficient (Wildman–Crippen LogP) is 3.56. The lowest BCUT2D eigenvalue weighted by molar-refractivity contribution is 0.0910. The first-order chi connectivity index (χ1) is 10.6. The van der Waals surface area contributed by atoms with Gasteiger partial charge < -0.3 is 10.1 Å². The van der Waals surface area contributed by atoms with Gasteiger partial charge in [0, 0.05) is 17.3 Å². The van der Waals surface area contributed by atoms with E-state index < -0.39 is 6.09 Å². The van der Waals surface area contributed by atoms with Crippen molar-refractivity contribution in [3.8, 4) is 0 Å². The van der Waals surface area contributed by atoms with Crippen LogP contribution in [-0.2, 0) is 4.74 Å².